The van der Waals surface area contributed by atoms with E-state index in [9.17, 15) is 4.79 Å². The first-order valence-electron chi connectivity index (χ1n) is 7.04. The molecule has 0 heterocycles. The molecule has 1 fully saturated rings. The van der Waals surface area contributed by atoms with Crippen LogP contribution < -0.4 is 16.4 Å². The van der Waals surface area contributed by atoms with Crippen molar-refractivity contribution >= 4 is 17.3 Å². The van der Waals surface area contributed by atoms with Gasteiger partial charge in [0.05, 0.1) is 11.4 Å². The van der Waals surface area contributed by atoms with Crippen molar-refractivity contribution in [3.8, 4) is 0 Å². The molecule has 4 N–H and O–H groups in total. The minimum atomic E-state index is -0.0771. The van der Waals surface area contributed by atoms with Crippen molar-refractivity contribution < 1.29 is 4.79 Å². The van der Waals surface area contributed by atoms with E-state index in [2.05, 4.69) is 17.6 Å². The number of carbonyl (C=O) groups is 1. The Kier molecular flexibility index (Phi) is 4.30. The summed E-state index contributed by atoms with van der Waals surface area (Å²) in [6.07, 6.45) is 3.91. The van der Waals surface area contributed by atoms with Crippen molar-refractivity contribution in [2.24, 2.45) is 5.92 Å². The van der Waals surface area contributed by atoms with Gasteiger partial charge in [-0.25, -0.2) is 0 Å². The number of hydrogen-bond acceptors (Lipinski definition) is 3. The third-order valence-electron chi connectivity index (χ3n) is 3.44. The van der Waals surface area contributed by atoms with E-state index in [0.29, 0.717) is 23.8 Å². The Bertz CT molecular complexity index is 455. The van der Waals surface area contributed by atoms with E-state index in [-0.39, 0.29) is 5.91 Å². The summed E-state index contributed by atoms with van der Waals surface area (Å²) in [7, 11) is 0. The number of rotatable bonds is 6. The van der Waals surface area contributed by atoms with Crippen LogP contribution in [-0.4, -0.2) is 18.5 Å². The van der Waals surface area contributed by atoms with Gasteiger partial charge in [-0.2, -0.15) is 0 Å². The molecule has 4 nitrogen and oxygen atoms in total. The monoisotopic (exact) mass is 261 g/mol. The van der Waals surface area contributed by atoms with Gasteiger partial charge in [-0.1, -0.05) is 12.8 Å². The maximum atomic E-state index is 11.7. The molecule has 104 valence electrons. The number of hydrogen-bond donors (Lipinski definition) is 3. The van der Waals surface area contributed by atoms with E-state index in [0.717, 1.165) is 11.6 Å². The van der Waals surface area contributed by atoms with Gasteiger partial charge in [-0.3, -0.25) is 4.79 Å². The third kappa shape index (κ3) is 3.88. The summed E-state index contributed by atoms with van der Waals surface area (Å²) >= 11 is 0. The summed E-state index contributed by atoms with van der Waals surface area (Å²) in [4.78, 5) is 11.7. The Hall–Kier alpha value is -1.71. The van der Waals surface area contributed by atoms with Gasteiger partial charge < -0.3 is 16.4 Å². The minimum Gasteiger partial charge on any atom is -0.397 e. The zero-order valence-corrected chi connectivity index (χ0v) is 11.7. The van der Waals surface area contributed by atoms with Crippen LogP contribution in [-0.2, 0) is 0 Å². The molecule has 19 heavy (non-hydrogen) atoms. The Balaban J connectivity index is 1.99. The highest BCUT2D eigenvalue weighted by atomic mass is 16.1. The predicted octanol–water partition coefficient (Wildman–Crippen LogP) is 2.62. The lowest BCUT2D eigenvalue weighted by atomic mass is 10.1. The molecule has 0 spiro atoms. The fourth-order valence-corrected chi connectivity index (χ4v) is 2.28. The van der Waals surface area contributed by atoms with Crippen molar-refractivity contribution in [1.82, 2.24) is 5.32 Å². The molecule has 1 atom stereocenters. The maximum Gasteiger partial charge on any atom is 0.251 e. The van der Waals surface area contributed by atoms with E-state index in [1.165, 1.54) is 19.3 Å². The van der Waals surface area contributed by atoms with Crippen LogP contribution in [0.5, 0.6) is 0 Å². The smallest absolute Gasteiger partial charge is 0.251 e. The highest BCUT2D eigenvalue weighted by Crippen LogP contribution is 2.34. The molecule has 1 saturated carbocycles. The van der Waals surface area contributed by atoms with Gasteiger partial charge in [0.25, 0.3) is 5.91 Å². The molecule has 0 aliphatic heterocycles. The summed E-state index contributed by atoms with van der Waals surface area (Å²) in [6, 6.07) is 5.86. The standard InChI is InChI=1S/C15H23N3O/c1-3-17-15(19)12-6-7-14(13(16)9-12)18-10(2)8-11-4-5-11/h6-7,9-11,18H,3-5,8,16H2,1-2H3,(H,17,19). The van der Waals surface area contributed by atoms with E-state index < -0.39 is 0 Å². The van der Waals surface area contributed by atoms with Crippen LogP contribution >= 0.6 is 0 Å². The maximum absolute atomic E-state index is 11.7. The van der Waals surface area contributed by atoms with Crippen molar-refractivity contribution in [3.05, 3.63) is 23.8 Å². The number of carbonyl (C=O) groups excluding carboxylic acids is 1. The Morgan fingerprint density at radius 1 is 1.47 bits per heavy atom. The van der Waals surface area contributed by atoms with Crippen molar-refractivity contribution in [1.29, 1.82) is 0 Å². The van der Waals surface area contributed by atoms with Crippen LogP contribution in [0.15, 0.2) is 18.2 Å². The average molecular weight is 261 g/mol. The van der Waals surface area contributed by atoms with E-state index in [1.54, 1.807) is 6.07 Å². The molecule has 4 heteroatoms. The minimum absolute atomic E-state index is 0.0771. The molecule has 1 unspecified atom stereocenters. The SMILES string of the molecule is CCNC(=O)c1ccc(NC(C)CC2CC2)c(N)c1. The van der Waals surface area contributed by atoms with Crippen LogP contribution in [0.1, 0.15) is 43.5 Å². The highest BCUT2D eigenvalue weighted by Gasteiger charge is 2.23. The number of nitrogens with two attached hydrogens (primary N) is 1. The van der Waals surface area contributed by atoms with E-state index in [4.69, 9.17) is 5.73 Å². The van der Waals surface area contributed by atoms with Gasteiger partial charge in [0.2, 0.25) is 0 Å². The quantitative estimate of drug-likeness (QED) is 0.690. The second kappa shape index (κ2) is 5.95. The predicted molar refractivity (Wildman–Crippen MR) is 79.3 cm³/mol. The fourth-order valence-electron chi connectivity index (χ4n) is 2.28. The molecule has 0 aromatic heterocycles. The Morgan fingerprint density at radius 3 is 2.79 bits per heavy atom. The summed E-state index contributed by atoms with van der Waals surface area (Å²) in [5.74, 6) is 0.810. The molecule has 1 aliphatic carbocycles. The van der Waals surface area contributed by atoms with Gasteiger partial charge >= 0.3 is 0 Å². The lowest BCUT2D eigenvalue weighted by Gasteiger charge is -2.17. The molecular formula is C15H23N3O. The molecule has 1 aromatic rings. The molecule has 1 aliphatic rings. The third-order valence-corrected chi connectivity index (χ3v) is 3.44. The zero-order valence-electron chi connectivity index (χ0n) is 11.7. The number of nitrogen functional groups attached to an aromatic ring is 1. The highest BCUT2D eigenvalue weighted by molar-refractivity contribution is 5.96. The topological polar surface area (TPSA) is 67.2 Å². The number of nitrogens with one attached hydrogen (secondary N) is 2. The average Bonchev–Trinajstić information content (AvgIpc) is 3.16. The molecule has 0 saturated heterocycles. The second-order valence-corrected chi connectivity index (χ2v) is 5.39. The molecule has 2 rings (SSSR count). The fraction of sp³-hybridized carbons (Fsp3) is 0.533. The van der Waals surface area contributed by atoms with Crippen LogP contribution in [0.25, 0.3) is 0 Å². The molecule has 0 radical (unpaired) electrons. The number of amides is 1. The van der Waals surface area contributed by atoms with E-state index in [1.807, 2.05) is 19.1 Å². The first-order valence-corrected chi connectivity index (χ1v) is 7.04. The number of benzene rings is 1. The van der Waals surface area contributed by atoms with Crippen molar-refractivity contribution in [2.45, 2.75) is 39.2 Å². The zero-order chi connectivity index (χ0) is 13.8. The van der Waals surface area contributed by atoms with Gasteiger partial charge in [0.1, 0.15) is 0 Å². The number of anilines is 2. The summed E-state index contributed by atoms with van der Waals surface area (Å²) in [6.45, 7) is 4.70. The summed E-state index contributed by atoms with van der Waals surface area (Å²) in [5.41, 5.74) is 8.17. The van der Waals surface area contributed by atoms with Crippen molar-refractivity contribution in [3.63, 3.8) is 0 Å². The first kappa shape index (κ1) is 13.7. The second-order valence-electron chi connectivity index (χ2n) is 5.39. The molecule has 0 bridgehead atoms. The summed E-state index contributed by atoms with van der Waals surface area (Å²) in [5, 5.41) is 6.19. The Labute approximate surface area is 114 Å². The Morgan fingerprint density at radius 2 is 2.21 bits per heavy atom. The van der Waals surface area contributed by atoms with Crippen molar-refractivity contribution in [2.75, 3.05) is 17.6 Å². The van der Waals surface area contributed by atoms with Crippen LogP contribution in [0.2, 0.25) is 0 Å². The first-order chi connectivity index (χ1) is 9.10. The van der Waals surface area contributed by atoms with Crippen LogP contribution in [0.3, 0.4) is 0 Å². The van der Waals surface area contributed by atoms with Crippen LogP contribution in [0.4, 0.5) is 11.4 Å². The molecular weight excluding hydrogens is 238 g/mol. The molecule has 1 amide bonds. The normalized spacial score (nSPS) is 15.9. The van der Waals surface area contributed by atoms with Gasteiger partial charge in [-0.15, -0.1) is 0 Å². The van der Waals surface area contributed by atoms with Gasteiger partial charge in [0.15, 0.2) is 0 Å². The molecule has 1 aromatic carbocycles. The largest absolute Gasteiger partial charge is 0.397 e. The summed E-state index contributed by atoms with van der Waals surface area (Å²) < 4.78 is 0. The van der Waals surface area contributed by atoms with Gasteiger partial charge in [-0.05, 0) is 44.4 Å². The van der Waals surface area contributed by atoms with Gasteiger partial charge in [0, 0.05) is 18.2 Å². The lowest BCUT2D eigenvalue weighted by molar-refractivity contribution is 0.0956. The van der Waals surface area contributed by atoms with E-state index >= 15 is 0 Å². The lowest BCUT2D eigenvalue weighted by Crippen LogP contribution is -2.23. The van der Waals surface area contributed by atoms with Crippen LogP contribution in [0, 0.1) is 5.92 Å².